The van der Waals surface area contributed by atoms with Crippen LogP contribution in [0.1, 0.15) is 11.3 Å². The average Bonchev–Trinajstić information content (AvgIpc) is 2.49. The molecule has 1 aromatic carbocycles. The summed E-state index contributed by atoms with van der Waals surface area (Å²) >= 11 is 0. The fraction of sp³-hybridized carbons (Fsp3) is 0.250. The van der Waals surface area contributed by atoms with Crippen LogP contribution in [-0.4, -0.2) is 23.5 Å². The minimum absolute atomic E-state index is 0.00109. The third kappa shape index (κ3) is 3.31. The van der Waals surface area contributed by atoms with Crippen molar-refractivity contribution >= 4 is 11.6 Å². The van der Waals surface area contributed by atoms with Gasteiger partial charge in [-0.3, -0.25) is 9.78 Å². The van der Waals surface area contributed by atoms with Crippen LogP contribution in [0.25, 0.3) is 0 Å². The highest BCUT2D eigenvalue weighted by Gasteiger charge is 2.21. The van der Waals surface area contributed by atoms with Crippen LogP contribution in [0.4, 0.5) is 5.69 Å². The maximum absolute atomic E-state index is 12.0. The van der Waals surface area contributed by atoms with E-state index < -0.39 is 0 Å². The van der Waals surface area contributed by atoms with Crippen LogP contribution in [0.2, 0.25) is 0 Å². The number of hydrogen-bond acceptors (Lipinski definition) is 4. The molecule has 1 aromatic heterocycles. The standard InChI is InChI=1S/C16H17N3O2/c17-12-5-6-13(18-9-12)8-16(20)19-14-7-11-3-1-2-4-15(11)21-10-14/h1-6,9,14H,7-8,10,17H2,(H,19,20). The lowest BCUT2D eigenvalue weighted by atomic mass is 10.0. The van der Waals surface area contributed by atoms with E-state index in [0.717, 1.165) is 17.7 Å². The van der Waals surface area contributed by atoms with Gasteiger partial charge >= 0.3 is 0 Å². The molecule has 1 aliphatic heterocycles. The van der Waals surface area contributed by atoms with E-state index in [1.165, 1.54) is 0 Å². The van der Waals surface area contributed by atoms with Gasteiger partial charge in [-0.25, -0.2) is 0 Å². The Morgan fingerprint density at radius 2 is 2.19 bits per heavy atom. The first kappa shape index (κ1) is 13.4. The van der Waals surface area contributed by atoms with Gasteiger partial charge < -0.3 is 15.8 Å². The highest BCUT2D eigenvalue weighted by atomic mass is 16.5. The highest BCUT2D eigenvalue weighted by Crippen LogP contribution is 2.23. The number of nitrogens with two attached hydrogens (primary N) is 1. The van der Waals surface area contributed by atoms with E-state index in [0.29, 0.717) is 18.0 Å². The third-order valence-electron chi connectivity index (χ3n) is 3.43. The van der Waals surface area contributed by atoms with Crippen molar-refractivity contribution < 1.29 is 9.53 Å². The molecule has 5 heteroatoms. The third-order valence-corrected chi connectivity index (χ3v) is 3.43. The van der Waals surface area contributed by atoms with Gasteiger partial charge in [0.2, 0.25) is 5.91 Å². The summed E-state index contributed by atoms with van der Waals surface area (Å²) in [4.78, 5) is 16.2. The number of benzene rings is 1. The number of aromatic nitrogens is 1. The number of carbonyl (C=O) groups is 1. The topological polar surface area (TPSA) is 77.2 Å². The van der Waals surface area contributed by atoms with Crippen LogP contribution in [0.5, 0.6) is 5.75 Å². The Labute approximate surface area is 123 Å². The van der Waals surface area contributed by atoms with Gasteiger partial charge in [-0.05, 0) is 30.2 Å². The molecular weight excluding hydrogens is 266 g/mol. The fourth-order valence-electron chi connectivity index (χ4n) is 2.40. The lowest BCUT2D eigenvalue weighted by Gasteiger charge is -2.26. The number of para-hydroxylation sites is 1. The van der Waals surface area contributed by atoms with Gasteiger partial charge in [0.25, 0.3) is 0 Å². The van der Waals surface area contributed by atoms with Crippen molar-refractivity contribution in [2.24, 2.45) is 0 Å². The molecule has 0 saturated heterocycles. The second kappa shape index (κ2) is 5.83. The lowest BCUT2D eigenvalue weighted by Crippen LogP contribution is -2.43. The molecule has 1 unspecified atom stereocenters. The molecule has 1 amide bonds. The number of rotatable bonds is 3. The number of amides is 1. The summed E-state index contributed by atoms with van der Waals surface area (Å²) in [5, 5.41) is 2.99. The molecule has 1 aliphatic rings. The number of nitrogen functional groups attached to an aromatic ring is 1. The Hall–Kier alpha value is -2.56. The number of nitrogens with zero attached hydrogens (tertiary/aromatic N) is 1. The molecule has 2 aromatic rings. The molecule has 108 valence electrons. The van der Waals surface area contributed by atoms with Crippen LogP contribution in [0.3, 0.4) is 0 Å². The summed E-state index contributed by atoms with van der Waals surface area (Å²) in [7, 11) is 0. The summed E-state index contributed by atoms with van der Waals surface area (Å²) in [6, 6.07) is 11.4. The van der Waals surface area contributed by atoms with Gasteiger partial charge in [0.1, 0.15) is 12.4 Å². The molecule has 2 heterocycles. The zero-order valence-electron chi connectivity index (χ0n) is 11.6. The van der Waals surface area contributed by atoms with Gasteiger partial charge in [-0.2, -0.15) is 0 Å². The molecule has 5 nitrogen and oxygen atoms in total. The summed E-state index contributed by atoms with van der Waals surface area (Å²) in [5.41, 5.74) is 8.00. The molecule has 0 radical (unpaired) electrons. The van der Waals surface area contributed by atoms with Crippen molar-refractivity contribution in [3.05, 3.63) is 53.9 Å². The quantitative estimate of drug-likeness (QED) is 0.891. The zero-order valence-corrected chi connectivity index (χ0v) is 11.6. The molecule has 3 N–H and O–H groups in total. The first-order valence-electron chi connectivity index (χ1n) is 6.91. The van der Waals surface area contributed by atoms with Gasteiger partial charge in [0.05, 0.1) is 24.3 Å². The Morgan fingerprint density at radius 1 is 1.33 bits per heavy atom. The fourth-order valence-corrected chi connectivity index (χ4v) is 2.40. The smallest absolute Gasteiger partial charge is 0.226 e. The minimum Gasteiger partial charge on any atom is -0.491 e. The van der Waals surface area contributed by atoms with Crippen LogP contribution in [0.15, 0.2) is 42.6 Å². The van der Waals surface area contributed by atoms with Crippen molar-refractivity contribution in [1.82, 2.24) is 10.3 Å². The predicted octanol–water partition coefficient (Wildman–Crippen LogP) is 1.33. The van der Waals surface area contributed by atoms with E-state index in [9.17, 15) is 4.79 Å². The lowest BCUT2D eigenvalue weighted by molar-refractivity contribution is -0.121. The molecule has 0 fully saturated rings. The zero-order chi connectivity index (χ0) is 14.7. The molecule has 3 rings (SSSR count). The second-order valence-corrected chi connectivity index (χ2v) is 5.15. The average molecular weight is 283 g/mol. The van der Waals surface area contributed by atoms with E-state index in [4.69, 9.17) is 10.5 Å². The van der Waals surface area contributed by atoms with Crippen LogP contribution in [0, 0.1) is 0 Å². The SMILES string of the molecule is Nc1ccc(CC(=O)NC2COc3ccccc3C2)nc1. The second-order valence-electron chi connectivity index (χ2n) is 5.15. The summed E-state index contributed by atoms with van der Waals surface area (Å²) in [5.74, 6) is 0.850. The van der Waals surface area contributed by atoms with E-state index in [1.807, 2.05) is 24.3 Å². The number of nitrogens with one attached hydrogen (secondary N) is 1. The minimum atomic E-state index is -0.0553. The van der Waals surface area contributed by atoms with Crippen molar-refractivity contribution in [1.29, 1.82) is 0 Å². The van der Waals surface area contributed by atoms with Crippen molar-refractivity contribution in [3.63, 3.8) is 0 Å². The molecule has 0 bridgehead atoms. The van der Waals surface area contributed by atoms with Crippen molar-refractivity contribution in [2.45, 2.75) is 18.9 Å². The first-order chi connectivity index (χ1) is 10.2. The molecule has 0 spiro atoms. The van der Waals surface area contributed by atoms with Gasteiger partial charge in [-0.1, -0.05) is 18.2 Å². The van der Waals surface area contributed by atoms with E-state index in [2.05, 4.69) is 10.3 Å². The number of carbonyl (C=O) groups excluding carboxylic acids is 1. The van der Waals surface area contributed by atoms with Gasteiger partial charge in [-0.15, -0.1) is 0 Å². The van der Waals surface area contributed by atoms with Crippen molar-refractivity contribution in [2.75, 3.05) is 12.3 Å². The molecule has 21 heavy (non-hydrogen) atoms. The monoisotopic (exact) mass is 283 g/mol. The summed E-state index contributed by atoms with van der Waals surface area (Å²) < 4.78 is 5.66. The molecule has 0 aliphatic carbocycles. The predicted molar refractivity (Wildman–Crippen MR) is 79.9 cm³/mol. The number of fused-ring (bicyclic) bond motifs is 1. The molecule has 1 atom stereocenters. The Kier molecular flexibility index (Phi) is 3.73. The van der Waals surface area contributed by atoms with Gasteiger partial charge in [0.15, 0.2) is 0 Å². The summed E-state index contributed by atoms with van der Waals surface area (Å²) in [6.45, 7) is 0.498. The Morgan fingerprint density at radius 3 is 3.00 bits per heavy atom. The number of pyridine rings is 1. The Balaban J connectivity index is 1.57. The van der Waals surface area contributed by atoms with Crippen molar-refractivity contribution in [3.8, 4) is 5.75 Å². The largest absolute Gasteiger partial charge is 0.491 e. The van der Waals surface area contributed by atoms with Crippen LogP contribution >= 0.6 is 0 Å². The number of ether oxygens (including phenoxy) is 1. The van der Waals surface area contributed by atoms with Crippen LogP contribution < -0.4 is 15.8 Å². The normalized spacial score (nSPS) is 16.7. The maximum atomic E-state index is 12.0. The van der Waals surface area contributed by atoms with E-state index in [-0.39, 0.29) is 18.4 Å². The van der Waals surface area contributed by atoms with Crippen LogP contribution in [-0.2, 0) is 17.6 Å². The molecular formula is C16H17N3O2. The maximum Gasteiger partial charge on any atom is 0.226 e. The Bertz CT molecular complexity index is 640. The van der Waals surface area contributed by atoms with Gasteiger partial charge in [0, 0.05) is 5.69 Å². The van der Waals surface area contributed by atoms with E-state index in [1.54, 1.807) is 18.3 Å². The molecule has 0 saturated carbocycles. The number of anilines is 1. The highest BCUT2D eigenvalue weighted by molar-refractivity contribution is 5.78. The summed E-state index contributed by atoms with van der Waals surface area (Å²) in [6.07, 6.45) is 2.60. The van der Waals surface area contributed by atoms with E-state index >= 15 is 0 Å². The number of hydrogen-bond donors (Lipinski definition) is 2. The first-order valence-corrected chi connectivity index (χ1v) is 6.91.